The molecule has 0 aliphatic heterocycles. The first-order valence-corrected chi connectivity index (χ1v) is 8.75. The molecular formula is C21H22N6. The van der Waals surface area contributed by atoms with Crippen LogP contribution in [0.5, 0.6) is 0 Å². The molecule has 6 heteroatoms. The minimum atomic E-state index is -1.35. The zero-order valence-corrected chi connectivity index (χ0v) is 14.8. The van der Waals surface area contributed by atoms with Crippen molar-refractivity contribution in [1.29, 1.82) is 0 Å². The molecule has 0 saturated carbocycles. The van der Waals surface area contributed by atoms with E-state index in [-0.39, 0.29) is 0 Å². The number of fused-ring (bicyclic) bond motifs is 1. The fourth-order valence-corrected chi connectivity index (χ4v) is 3.09. The molecule has 4 rings (SSSR count). The van der Waals surface area contributed by atoms with Crippen LogP contribution in [0, 0.1) is 0 Å². The first kappa shape index (κ1) is 17.2. The minimum absolute atomic E-state index is 0.574. The van der Waals surface area contributed by atoms with Crippen LogP contribution in [0.3, 0.4) is 0 Å². The largest absolute Gasteiger partial charge is 0.319 e. The summed E-state index contributed by atoms with van der Waals surface area (Å²) in [6, 6.07) is 25.8. The Labute approximate surface area is 157 Å². The number of nitrogens with one attached hydrogen (secondary N) is 1. The highest BCUT2D eigenvalue weighted by Crippen LogP contribution is 2.23. The molecule has 0 atom stereocenters. The van der Waals surface area contributed by atoms with Gasteiger partial charge >= 0.3 is 0 Å². The lowest BCUT2D eigenvalue weighted by Crippen LogP contribution is -2.54. The Kier molecular flexibility index (Phi) is 4.37. The smallest absolute Gasteiger partial charge is 0.159 e. The van der Waals surface area contributed by atoms with E-state index in [2.05, 4.69) is 5.43 Å². The van der Waals surface area contributed by atoms with E-state index < -0.39 is 5.79 Å². The molecule has 6 nitrogen and oxygen atoms in total. The van der Waals surface area contributed by atoms with Gasteiger partial charge in [-0.3, -0.25) is 17.2 Å². The molecule has 1 aromatic heterocycles. The molecule has 27 heavy (non-hydrogen) atoms. The molecule has 0 aliphatic carbocycles. The summed E-state index contributed by atoms with van der Waals surface area (Å²) in [7, 11) is 0. The number of hydrogen-bond acceptors (Lipinski definition) is 5. The molecule has 0 radical (unpaired) electrons. The highest BCUT2D eigenvalue weighted by Gasteiger charge is 2.16. The van der Waals surface area contributed by atoms with Crippen molar-refractivity contribution < 1.29 is 0 Å². The number of rotatable bonds is 5. The summed E-state index contributed by atoms with van der Waals surface area (Å²) >= 11 is 0. The lowest BCUT2D eigenvalue weighted by atomic mass is 10.1. The Morgan fingerprint density at radius 1 is 0.852 bits per heavy atom. The predicted octanol–water partition coefficient (Wildman–Crippen LogP) is 2.43. The summed E-state index contributed by atoms with van der Waals surface area (Å²) in [4.78, 5) is 4.79. The normalized spacial score (nSPS) is 11.7. The van der Waals surface area contributed by atoms with Gasteiger partial charge in [0.15, 0.2) is 5.82 Å². The van der Waals surface area contributed by atoms with Crippen molar-refractivity contribution >= 4 is 11.0 Å². The second-order valence-corrected chi connectivity index (χ2v) is 6.59. The fraction of sp³-hybridized carbons (Fsp3) is 0.0952. The maximum atomic E-state index is 5.81. The number of aromatic nitrogens is 2. The van der Waals surface area contributed by atoms with E-state index in [1.54, 1.807) is 0 Å². The van der Waals surface area contributed by atoms with Gasteiger partial charge in [0.1, 0.15) is 5.79 Å². The standard InChI is InChI=1S/C21H22N6/c22-21(23,24)17-10-6-7-15(13-17)14-25-27-19-12-5-4-11-18(19)26-20(27)16-8-2-1-3-9-16/h1-13,25H,14,22-24H2. The zero-order chi connectivity index (χ0) is 18.9. The number of hydrogen-bond donors (Lipinski definition) is 4. The van der Waals surface area contributed by atoms with Gasteiger partial charge in [-0.25, -0.2) is 9.66 Å². The highest BCUT2D eigenvalue weighted by molar-refractivity contribution is 5.81. The Balaban J connectivity index is 1.70. The molecule has 7 N–H and O–H groups in total. The van der Waals surface area contributed by atoms with Gasteiger partial charge in [0.05, 0.1) is 17.6 Å². The number of nitrogens with zero attached hydrogens (tertiary/aromatic N) is 2. The molecule has 0 amide bonds. The van der Waals surface area contributed by atoms with Crippen molar-refractivity contribution in [2.45, 2.75) is 12.3 Å². The third-order valence-corrected chi connectivity index (χ3v) is 4.46. The van der Waals surface area contributed by atoms with Gasteiger partial charge in [-0.05, 0) is 23.8 Å². The second-order valence-electron chi connectivity index (χ2n) is 6.59. The summed E-state index contributed by atoms with van der Waals surface area (Å²) in [6.07, 6.45) is 0. The molecule has 3 aromatic carbocycles. The topological polar surface area (TPSA) is 108 Å². The molecule has 0 bridgehead atoms. The first-order chi connectivity index (χ1) is 13.0. The van der Waals surface area contributed by atoms with Crippen LogP contribution in [-0.2, 0) is 12.3 Å². The monoisotopic (exact) mass is 358 g/mol. The molecule has 136 valence electrons. The van der Waals surface area contributed by atoms with E-state index in [0.29, 0.717) is 12.1 Å². The zero-order valence-electron chi connectivity index (χ0n) is 14.8. The van der Waals surface area contributed by atoms with E-state index in [1.165, 1.54) is 0 Å². The van der Waals surface area contributed by atoms with Crippen LogP contribution in [0.1, 0.15) is 11.1 Å². The molecule has 0 unspecified atom stereocenters. The average molecular weight is 358 g/mol. The van der Waals surface area contributed by atoms with Crippen LogP contribution in [-0.4, -0.2) is 9.66 Å². The van der Waals surface area contributed by atoms with Crippen molar-refractivity contribution in [3.05, 3.63) is 90.0 Å². The van der Waals surface area contributed by atoms with Crippen LogP contribution in [0.4, 0.5) is 0 Å². The summed E-state index contributed by atoms with van der Waals surface area (Å²) in [5, 5.41) is 0. The Hall–Kier alpha value is -3.19. The maximum absolute atomic E-state index is 5.81. The molecular weight excluding hydrogens is 336 g/mol. The van der Waals surface area contributed by atoms with Crippen molar-refractivity contribution in [2.75, 3.05) is 5.43 Å². The molecule has 1 heterocycles. The van der Waals surface area contributed by atoms with Crippen LogP contribution in [0.2, 0.25) is 0 Å². The van der Waals surface area contributed by atoms with Crippen molar-refractivity contribution in [1.82, 2.24) is 9.66 Å². The van der Waals surface area contributed by atoms with E-state index in [4.69, 9.17) is 22.2 Å². The Bertz CT molecular complexity index is 1060. The number of benzene rings is 3. The number of nitrogens with two attached hydrogens (primary N) is 3. The average Bonchev–Trinajstić information content (AvgIpc) is 3.05. The van der Waals surface area contributed by atoms with Gasteiger partial charge in [0.25, 0.3) is 0 Å². The highest BCUT2D eigenvalue weighted by atomic mass is 15.4. The van der Waals surface area contributed by atoms with Gasteiger partial charge < -0.3 is 5.43 Å². The molecule has 0 saturated heterocycles. The summed E-state index contributed by atoms with van der Waals surface area (Å²) < 4.78 is 2.01. The summed E-state index contributed by atoms with van der Waals surface area (Å²) in [6.45, 7) is 0.574. The lowest BCUT2D eigenvalue weighted by Gasteiger charge is -2.20. The third-order valence-electron chi connectivity index (χ3n) is 4.46. The quantitative estimate of drug-likeness (QED) is 0.410. The first-order valence-electron chi connectivity index (χ1n) is 8.75. The van der Waals surface area contributed by atoms with Crippen LogP contribution < -0.4 is 22.6 Å². The Morgan fingerprint density at radius 3 is 2.37 bits per heavy atom. The fourth-order valence-electron chi connectivity index (χ4n) is 3.09. The van der Waals surface area contributed by atoms with Gasteiger partial charge in [-0.1, -0.05) is 60.7 Å². The predicted molar refractivity (Wildman–Crippen MR) is 109 cm³/mol. The summed E-state index contributed by atoms with van der Waals surface area (Å²) in [5.41, 5.74) is 25.6. The van der Waals surface area contributed by atoms with E-state index in [9.17, 15) is 0 Å². The molecule has 4 aromatic rings. The van der Waals surface area contributed by atoms with E-state index in [1.807, 2.05) is 83.5 Å². The molecule has 0 spiro atoms. The van der Waals surface area contributed by atoms with Crippen LogP contribution in [0.15, 0.2) is 78.9 Å². The second kappa shape index (κ2) is 6.85. The van der Waals surface area contributed by atoms with Crippen LogP contribution in [0.25, 0.3) is 22.4 Å². The lowest BCUT2D eigenvalue weighted by molar-refractivity contribution is 0.488. The van der Waals surface area contributed by atoms with Crippen molar-refractivity contribution in [3.8, 4) is 11.4 Å². The van der Waals surface area contributed by atoms with Crippen molar-refractivity contribution in [3.63, 3.8) is 0 Å². The van der Waals surface area contributed by atoms with Gasteiger partial charge in [0, 0.05) is 11.1 Å². The van der Waals surface area contributed by atoms with Crippen molar-refractivity contribution in [2.24, 2.45) is 17.2 Å². The maximum Gasteiger partial charge on any atom is 0.159 e. The minimum Gasteiger partial charge on any atom is -0.319 e. The Morgan fingerprint density at radius 2 is 1.59 bits per heavy atom. The van der Waals surface area contributed by atoms with Crippen LogP contribution >= 0.6 is 0 Å². The van der Waals surface area contributed by atoms with Gasteiger partial charge in [-0.2, -0.15) is 0 Å². The number of imidazole rings is 1. The summed E-state index contributed by atoms with van der Waals surface area (Å²) in [5.74, 6) is -0.494. The van der Waals surface area contributed by atoms with Gasteiger partial charge in [0.2, 0.25) is 0 Å². The van der Waals surface area contributed by atoms with E-state index in [0.717, 1.165) is 28.0 Å². The number of para-hydroxylation sites is 2. The molecule has 0 fully saturated rings. The third kappa shape index (κ3) is 3.54. The SMILES string of the molecule is NC(N)(N)c1cccc(CNn2c(-c3ccccc3)nc3ccccc32)c1. The van der Waals surface area contributed by atoms with Gasteiger partial charge in [-0.15, -0.1) is 0 Å². The van der Waals surface area contributed by atoms with E-state index >= 15 is 0 Å². The molecule has 0 aliphatic rings.